The van der Waals surface area contributed by atoms with Crippen LogP contribution in [-0.4, -0.2) is 47.4 Å². The number of allylic oxidation sites excluding steroid dienone is 4. The highest BCUT2D eigenvalue weighted by Gasteiger charge is 2.20. The SMILES string of the molecule is CCCCCC/C=C\C/C=C\CCCCCCCC(=O)OCCCCCCCCCCCCCCCCCCCCCCCCC(=O)NC(CO)C(O)CCCCCCCCCCCCCCCCCCCCCCCCCC. The van der Waals surface area contributed by atoms with Crippen molar-refractivity contribution in [3.8, 4) is 0 Å². The summed E-state index contributed by atoms with van der Waals surface area (Å²) in [7, 11) is 0. The number of unbranched alkanes of at least 4 members (excludes halogenated alkanes) is 53. The zero-order chi connectivity index (χ0) is 57.1. The van der Waals surface area contributed by atoms with Crippen molar-refractivity contribution in [2.75, 3.05) is 13.2 Å². The van der Waals surface area contributed by atoms with Gasteiger partial charge in [-0.15, -0.1) is 0 Å². The largest absolute Gasteiger partial charge is 0.466 e. The van der Waals surface area contributed by atoms with Gasteiger partial charge in [0.25, 0.3) is 0 Å². The quantitative estimate of drug-likeness (QED) is 0.0320. The van der Waals surface area contributed by atoms with E-state index in [2.05, 4.69) is 43.5 Å². The normalized spacial score (nSPS) is 12.6. The first-order valence-corrected chi connectivity index (χ1v) is 36.1. The molecule has 0 aromatic rings. The Hall–Kier alpha value is -1.66. The minimum Gasteiger partial charge on any atom is -0.466 e. The molecule has 0 saturated heterocycles. The average molecular weight is 1110 g/mol. The molecule has 3 N–H and O–H groups in total. The van der Waals surface area contributed by atoms with Crippen LogP contribution in [0.1, 0.15) is 406 Å². The van der Waals surface area contributed by atoms with Gasteiger partial charge in [-0.3, -0.25) is 9.59 Å². The molecular formula is C73H141NO5. The number of aliphatic hydroxyl groups is 2. The van der Waals surface area contributed by atoms with Crippen LogP contribution in [0, 0.1) is 0 Å². The number of aliphatic hydroxyl groups excluding tert-OH is 2. The Morgan fingerprint density at radius 1 is 0.354 bits per heavy atom. The fraction of sp³-hybridized carbons (Fsp3) is 0.918. The van der Waals surface area contributed by atoms with Crippen LogP contribution in [0.3, 0.4) is 0 Å². The van der Waals surface area contributed by atoms with Crippen LogP contribution < -0.4 is 5.32 Å². The maximum atomic E-state index is 12.6. The number of carbonyl (C=O) groups excluding carboxylic acids is 2. The third-order valence-electron chi connectivity index (χ3n) is 17.0. The summed E-state index contributed by atoms with van der Waals surface area (Å²) >= 11 is 0. The molecule has 0 heterocycles. The van der Waals surface area contributed by atoms with Gasteiger partial charge in [0.05, 0.1) is 25.4 Å². The first-order chi connectivity index (χ1) is 39.0. The number of hydrogen-bond donors (Lipinski definition) is 3. The van der Waals surface area contributed by atoms with Crippen LogP contribution >= 0.6 is 0 Å². The molecule has 2 unspecified atom stereocenters. The lowest BCUT2D eigenvalue weighted by Crippen LogP contribution is -2.45. The lowest BCUT2D eigenvalue weighted by Gasteiger charge is -2.22. The predicted octanol–water partition coefficient (Wildman–Crippen LogP) is 23.3. The van der Waals surface area contributed by atoms with Crippen molar-refractivity contribution < 1.29 is 24.5 Å². The first-order valence-electron chi connectivity index (χ1n) is 36.1. The number of amides is 1. The van der Waals surface area contributed by atoms with Crippen molar-refractivity contribution >= 4 is 11.9 Å². The molecule has 6 heteroatoms. The zero-order valence-corrected chi connectivity index (χ0v) is 53.6. The van der Waals surface area contributed by atoms with Crippen LogP contribution in [0.15, 0.2) is 24.3 Å². The van der Waals surface area contributed by atoms with Gasteiger partial charge >= 0.3 is 5.97 Å². The van der Waals surface area contributed by atoms with E-state index in [9.17, 15) is 19.8 Å². The van der Waals surface area contributed by atoms with Crippen molar-refractivity contribution in [2.24, 2.45) is 0 Å². The van der Waals surface area contributed by atoms with Gasteiger partial charge in [-0.25, -0.2) is 0 Å². The van der Waals surface area contributed by atoms with Crippen molar-refractivity contribution in [2.45, 2.75) is 418 Å². The summed E-state index contributed by atoms with van der Waals surface area (Å²) in [4.78, 5) is 24.6. The zero-order valence-electron chi connectivity index (χ0n) is 53.6. The van der Waals surface area contributed by atoms with Gasteiger partial charge in [-0.2, -0.15) is 0 Å². The van der Waals surface area contributed by atoms with E-state index in [0.717, 1.165) is 51.4 Å². The highest BCUT2D eigenvalue weighted by Crippen LogP contribution is 2.19. The van der Waals surface area contributed by atoms with Crippen LogP contribution in [0.2, 0.25) is 0 Å². The van der Waals surface area contributed by atoms with Crippen LogP contribution in [0.4, 0.5) is 0 Å². The van der Waals surface area contributed by atoms with Crippen molar-refractivity contribution in [1.82, 2.24) is 5.32 Å². The molecule has 0 aliphatic heterocycles. The Bertz CT molecular complexity index is 1230. The number of nitrogens with one attached hydrogen (secondary N) is 1. The fourth-order valence-corrected chi connectivity index (χ4v) is 11.5. The van der Waals surface area contributed by atoms with Gasteiger partial charge in [-0.05, 0) is 57.8 Å². The fourth-order valence-electron chi connectivity index (χ4n) is 11.5. The van der Waals surface area contributed by atoms with E-state index in [0.29, 0.717) is 25.9 Å². The number of esters is 1. The van der Waals surface area contributed by atoms with Gasteiger partial charge in [0, 0.05) is 12.8 Å². The monoisotopic (exact) mass is 1110 g/mol. The molecule has 0 aliphatic rings. The predicted molar refractivity (Wildman–Crippen MR) is 347 cm³/mol. The molecule has 0 spiro atoms. The minimum atomic E-state index is -0.666. The van der Waals surface area contributed by atoms with Crippen LogP contribution in [0.5, 0.6) is 0 Å². The van der Waals surface area contributed by atoms with Crippen molar-refractivity contribution in [3.05, 3.63) is 24.3 Å². The third kappa shape index (κ3) is 65.4. The summed E-state index contributed by atoms with van der Waals surface area (Å²) in [5.41, 5.74) is 0. The molecule has 468 valence electrons. The Morgan fingerprint density at radius 3 is 0.975 bits per heavy atom. The maximum Gasteiger partial charge on any atom is 0.305 e. The molecule has 0 fully saturated rings. The molecule has 2 atom stereocenters. The molecule has 1 amide bonds. The topological polar surface area (TPSA) is 95.9 Å². The third-order valence-corrected chi connectivity index (χ3v) is 17.0. The van der Waals surface area contributed by atoms with Gasteiger partial charge in [0.2, 0.25) is 5.91 Å². The first kappa shape index (κ1) is 77.3. The molecule has 0 saturated carbocycles. The second kappa shape index (κ2) is 68.8. The molecular weight excluding hydrogens is 971 g/mol. The summed E-state index contributed by atoms with van der Waals surface area (Å²) in [5, 5.41) is 23.5. The van der Waals surface area contributed by atoms with Gasteiger partial charge in [0.1, 0.15) is 0 Å². The number of hydrogen-bond acceptors (Lipinski definition) is 5. The van der Waals surface area contributed by atoms with Crippen molar-refractivity contribution in [3.63, 3.8) is 0 Å². The van der Waals surface area contributed by atoms with E-state index in [1.165, 1.54) is 321 Å². The second-order valence-corrected chi connectivity index (χ2v) is 24.9. The van der Waals surface area contributed by atoms with E-state index in [1.54, 1.807) is 0 Å². The molecule has 79 heavy (non-hydrogen) atoms. The van der Waals surface area contributed by atoms with Gasteiger partial charge in [-0.1, -0.05) is 359 Å². The maximum absolute atomic E-state index is 12.6. The van der Waals surface area contributed by atoms with E-state index in [4.69, 9.17) is 4.74 Å². The minimum absolute atomic E-state index is 0.000912. The highest BCUT2D eigenvalue weighted by molar-refractivity contribution is 5.76. The Balaban J connectivity index is 3.38. The highest BCUT2D eigenvalue weighted by atomic mass is 16.5. The van der Waals surface area contributed by atoms with Gasteiger partial charge < -0.3 is 20.3 Å². The standard InChI is InChI=1S/C73H141NO5/c1-3-5-7-9-11-13-15-17-19-21-22-23-24-25-28-31-34-37-41-45-49-53-57-61-65-71(76)70(69-75)74-72(77)66-62-58-54-50-46-42-38-35-32-29-26-27-30-33-36-40-44-48-52-56-60-64-68-79-73(78)67-63-59-55-51-47-43-39-20-18-16-14-12-10-8-6-4-2/h14,16,20,39,70-71,75-76H,3-13,15,17-19,21-38,40-69H2,1-2H3,(H,74,77)/b16-14-,39-20-. The van der Waals surface area contributed by atoms with E-state index in [1.807, 2.05) is 0 Å². The second-order valence-electron chi connectivity index (χ2n) is 24.9. The summed E-state index contributed by atoms with van der Waals surface area (Å²) < 4.78 is 5.49. The molecule has 0 radical (unpaired) electrons. The van der Waals surface area contributed by atoms with E-state index >= 15 is 0 Å². The average Bonchev–Trinajstić information content (AvgIpc) is 3.45. The van der Waals surface area contributed by atoms with Crippen LogP contribution in [-0.2, 0) is 14.3 Å². The Morgan fingerprint density at radius 2 is 0.633 bits per heavy atom. The molecule has 0 aromatic carbocycles. The molecule has 6 nitrogen and oxygen atoms in total. The lowest BCUT2D eigenvalue weighted by molar-refractivity contribution is -0.143. The summed E-state index contributed by atoms with van der Waals surface area (Å²) in [6.45, 7) is 4.97. The van der Waals surface area contributed by atoms with Crippen molar-refractivity contribution in [1.29, 1.82) is 0 Å². The molecule has 0 rings (SSSR count). The Labute approximate surface area is 494 Å². The number of carbonyl (C=O) groups is 2. The smallest absolute Gasteiger partial charge is 0.305 e. The van der Waals surface area contributed by atoms with E-state index in [-0.39, 0.29) is 18.5 Å². The number of ether oxygens (including phenoxy) is 1. The summed E-state index contributed by atoms with van der Waals surface area (Å²) in [5.74, 6) is -0.0295. The molecule has 0 bridgehead atoms. The number of rotatable bonds is 68. The van der Waals surface area contributed by atoms with E-state index < -0.39 is 12.1 Å². The molecule has 0 aromatic heterocycles. The summed E-state index contributed by atoms with van der Waals surface area (Å²) in [6, 6.07) is -0.543. The van der Waals surface area contributed by atoms with Crippen LogP contribution in [0.25, 0.3) is 0 Å². The molecule has 0 aliphatic carbocycles. The van der Waals surface area contributed by atoms with Gasteiger partial charge in [0.15, 0.2) is 0 Å². The lowest BCUT2D eigenvalue weighted by atomic mass is 10.0. The Kier molecular flexibility index (Phi) is 67.4. The summed E-state index contributed by atoms with van der Waals surface area (Å²) in [6.07, 6.45) is 86.5.